The summed E-state index contributed by atoms with van der Waals surface area (Å²) in [5, 5.41) is 12.2. The SMILES string of the molecule is Cc1cc(C)n(CCNC(=O)c2nc(Cc3c[nH]c4ccccc34)no2)n1. The number of aryl methyl sites for hydroxylation is 2. The number of fused-ring (bicyclic) bond motifs is 1. The second-order valence-electron chi connectivity index (χ2n) is 6.46. The topological polar surface area (TPSA) is 102 Å². The van der Waals surface area contributed by atoms with Gasteiger partial charge in [0.2, 0.25) is 0 Å². The molecule has 1 amide bonds. The minimum atomic E-state index is -0.380. The monoisotopic (exact) mass is 364 g/mol. The Morgan fingerprint density at radius 3 is 2.96 bits per heavy atom. The quantitative estimate of drug-likeness (QED) is 0.547. The van der Waals surface area contributed by atoms with Crippen molar-refractivity contribution in [2.45, 2.75) is 26.8 Å². The number of aromatic nitrogens is 5. The number of rotatable bonds is 6. The summed E-state index contributed by atoms with van der Waals surface area (Å²) in [5.74, 6) is 0.0656. The van der Waals surface area contributed by atoms with Crippen molar-refractivity contribution in [3.05, 3.63) is 65.2 Å². The van der Waals surface area contributed by atoms with Crippen LogP contribution in [0.5, 0.6) is 0 Å². The first kappa shape index (κ1) is 17.0. The van der Waals surface area contributed by atoms with Gasteiger partial charge in [-0.3, -0.25) is 9.48 Å². The highest BCUT2D eigenvalue weighted by atomic mass is 16.5. The van der Waals surface area contributed by atoms with Gasteiger partial charge in [0.05, 0.1) is 12.2 Å². The van der Waals surface area contributed by atoms with E-state index in [4.69, 9.17) is 4.52 Å². The van der Waals surface area contributed by atoms with Crippen LogP contribution in [-0.2, 0) is 13.0 Å². The van der Waals surface area contributed by atoms with Crippen LogP contribution in [0.3, 0.4) is 0 Å². The van der Waals surface area contributed by atoms with Gasteiger partial charge in [0.15, 0.2) is 5.82 Å². The molecule has 0 aliphatic rings. The third kappa shape index (κ3) is 3.59. The van der Waals surface area contributed by atoms with E-state index in [1.165, 1.54) is 0 Å². The third-order valence-electron chi connectivity index (χ3n) is 4.40. The van der Waals surface area contributed by atoms with Crippen LogP contribution in [0.25, 0.3) is 10.9 Å². The largest absolute Gasteiger partial charge is 0.361 e. The van der Waals surface area contributed by atoms with Crippen LogP contribution in [0.2, 0.25) is 0 Å². The fraction of sp³-hybridized carbons (Fsp3) is 0.263. The van der Waals surface area contributed by atoms with E-state index in [2.05, 4.69) is 25.5 Å². The second-order valence-corrected chi connectivity index (χ2v) is 6.46. The molecular formula is C19H20N6O2. The molecule has 2 N–H and O–H groups in total. The maximum absolute atomic E-state index is 12.2. The number of aromatic amines is 1. The Kier molecular flexibility index (Phi) is 4.45. The molecule has 3 heterocycles. The number of benzene rings is 1. The van der Waals surface area contributed by atoms with Crippen molar-refractivity contribution in [1.29, 1.82) is 0 Å². The summed E-state index contributed by atoms with van der Waals surface area (Å²) in [6.07, 6.45) is 2.42. The minimum Gasteiger partial charge on any atom is -0.361 e. The Morgan fingerprint density at radius 1 is 1.30 bits per heavy atom. The molecule has 0 bridgehead atoms. The molecule has 4 aromatic rings. The molecular weight excluding hydrogens is 344 g/mol. The molecule has 3 aromatic heterocycles. The smallest absolute Gasteiger partial charge is 0.315 e. The third-order valence-corrected chi connectivity index (χ3v) is 4.40. The van der Waals surface area contributed by atoms with E-state index in [0.29, 0.717) is 25.3 Å². The fourth-order valence-electron chi connectivity index (χ4n) is 3.12. The van der Waals surface area contributed by atoms with E-state index in [-0.39, 0.29) is 11.8 Å². The van der Waals surface area contributed by atoms with Crippen molar-refractivity contribution in [3.63, 3.8) is 0 Å². The van der Waals surface area contributed by atoms with Crippen molar-refractivity contribution in [1.82, 2.24) is 30.2 Å². The minimum absolute atomic E-state index is 0.0294. The summed E-state index contributed by atoms with van der Waals surface area (Å²) in [6.45, 7) is 4.94. The van der Waals surface area contributed by atoms with Gasteiger partial charge in [-0.05, 0) is 31.5 Å². The summed E-state index contributed by atoms with van der Waals surface area (Å²) in [6, 6.07) is 10.0. The van der Waals surface area contributed by atoms with Gasteiger partial charge in [-0.15, -0.1) is 0 Å². The highest BCUT2D eigenvalue weighted by molar-refractivity contribution is 5.89. The number of carbonyl (C=O) groups excluding carboxylic acids is 1. The van der Waals surface area contributed by atoms with Crippen LogP contribution in [-0.4, -0.2) is 37.4 Å². The van der Waals surface area contributed by atoms with Gasteiger partial charge in [0.25, 0.3) is 0 Å². The number of carbonyl (C=O) groups is 1. The number of hydrogen-bond acceptors (Lipinski definition) is 5. The number of H-pyrrole nitrogens is 1. The molecule has 8 nitrogen and oxygen atoms in total. The summed E-state index contributed by atoms with van der Waals surface area (Å²) < 4.78 is 6.97. The van der Waals surface area contributed by atoms with E-state index in [1.54, 1.807) is 0 Å². The first-order valence-corrected chi connectivity index (χ1v) is 8.77. The summed E-state index contributed by atoms with van der Waals surface area (Å²) in [4.78, 5) is 19.6. The van der Waals surface area contributed by atoms with E-state index < -0.39 is 0 Å². The second kappa shape index (κ2) is 7.06. The normalized spacial score (nSPS) is 11.2. The molecule has 0 saturated carbocycles. The molecule has 0 aliphatic carbocycles. The molecule has 0 radical (unpaired) electrons. The Morgan fingerprint density at radius 2 is 2.15 bits per heavy atom. The molecule has 0 aliphatic heterocycles. The van der Waals surface area contributed by atoms with E-state index in [1.807, 2.05) is 55.1 Å². The average molecular weight is 364 g/mol. The van der Waals surface area contributed by atoms with E-state index in [0.717, 1.165) is 27.9 Å². The number of nitrogens with zero attached hydrogens (tertiary/aromatic N) is 4. The van der Waals surface area contributed by atoms with Gasteiger partial charge < -0.3 is 14.8 Å². The Labute approximate surface area is 155 Å². The van der Waals surface area contributed by atoms with Crippen LogP contribution < -0.4 is 5.32 Å². The maximum atomic E-state index is 12.2. The molecule has 0 spiro atoms. The predicted molar refractivity (Wildman–Crippen MR) is 99.4 cm³/mol. The Bertz CT molecular complexity index is 1090. The van der Waals surface area contributed by atoms with Crippen molar-refractivity contribution in [3.8, 4) is 0 Å². The van der Waals surface area contributed by atoms with Gasteiger partial charge in [-0.1, -0.05) is 23.4 Å². The molecule has 0 saturated heterocycles. The van der Waals surface area contributed by atoms with Gasteiger partial charge in [0.1, 0.15) is 0 Å². The lowest BCUT2D eigenvalue weighted by Gasteiger charge is -2.04. The average Bonchev–Trinajstić information content (AvgIpc) is 3.36. The molecule has 1 aromatic carbocycles. The highest BCUT2D eigenvalue weighted by Gasteiger charge is 2.16. The van der Waals surface area contributed by atoms with Crippen LogP contribution in [0.1, 0.15) is 33.5 Å². The molecule has 27 heavy (non-hydrogen) atoms. The lowest BCUT2D eigenvalue weighted by Crippen LogP contribution is -2.28. The van der Waals surface area contributed by atoms with Gasteiger partial charge in [-0.25, -0.2) is 0 Å². The van der Waals surface area contributed by atoms with Crippen LogP contribution in [0.15, 0.2) is 41.1 Å². The zero-order valence-corrected chi connectivity index (χ0v) is 15.2. The van der Waals surface area contributed by atoms with Gasteiger partial charge in [-0.2, -0.15) is 10.1 Å². The summed E-state index contributed by atoms with van der Waals surface area (Å²) in [7, 11) is 0. The number of amides is 1. The molecule has 8 heteroatoms. The molecule has 0 atom stereocenters. The fourth-order valence-corrected chi connectivity index (χ4v) is 3.12. The van der Waals surface area contributed by atoms with Gasteiger partial charge >= 0.3 is 11.8 Å². The van der Waals surface area contributed by atoms with Crippen molar-refractivity contribution in [2.75, 3.05) is 6.54 Å². The van der Waals surface area contributed by atoms with E-state index >= 15 is 0 Å². The zero-order valence-electron chi connectivity index (χ0n) is 15.2. The zero-order chi connectivity index (χ0) is 18.8. The summed E-state index contributed by atoms with van der Waals surface area (Å²) in [5.41, 5.74) is 4.12. The molecule has 4 rings (SSSR count). The number of hydrogen-bond donors (Lipinski definition) is 2. The summed E-state index contributed by atoms with van der Waals surface area (Å²) >= 11 is 0. The van der Waals surface area contributed by atoms with E-state index in [9.17, 15) is 4.79 Å². The lowest BCUT2D eigenvalue weighted by atomic mass is 10.1. The Hall–Kier alpha value is -3.42. The maximum Gasteiger partial charge on any atom is 0.315 e. The van der Waals surface area contributed by atoms with Crippen LogP contribution in [0.4, 0.5) is 0 Å². The van der Waals surface area contributed by atoms with Crippen molar-refractivity contribution < 1.29 is 9.32 Å². The predicted octanol–water partition coefficient (Wildman–Crippen LogP) is 2.39. The Balaban J connectivity index is 1.37. The van der Waals surface area contributed by atoms with Crippen molar-refractivity contribution in [2.24, 2.45) is 0 Å². The van der Waals surface area contributed by atoms with Crippen LogP contribution >= 0.6 is 0 Å². The van der Waals surface area contributed by atoms with Gasteiger partial charge in [0, 0.05) is 35.8 Å². The number of para-hydroxylation sites is 1. The van der Waals surface area contributed by atoms with Crippen LogP contribution in [0, 0.1) is 13.8 Å². The van der Waals surface area contributed by atoms with Crippen molar-refractivity contribution >= 4 is 16.8 Å². The molecule has 0 unspecified atom stereocenters. The molecule has 0 fully saturated rings. The number of nitrogens with one attached hydrogen (secondary N) is 2. The first-order chi connectivity index (χ1) is 13.1. The molecule has 138 valence electrons. The lowest BCUT2D eigenvalue weighted by molar-refractivity contribution is 0.0908. The standard InChI is InChI=1S/C19H20N6O2/c1-12-9-13(2)25(23-12)8-7-20-18(26)19-22-17(24-27-19)10-14-11-21-16-6-4-3-5-15(14)16/h3-6,9,11,21H,7-8,10H2,1-2H3,(H,20,26). The highest BCUT2D eigenvalue weighted by Crippen LogP contribution is 2.19. The first-order valence-electron chi connectivity index (χ1n) is 8.77.